The van der Waals surface area contributed by atoms with Crippen molar-refractivity contribution in [1.29, 1.82) is 0 Å². The molecule has 14 unspecified atom stereocenters. The number of aromatic nitrogens is 6. The number of nitrogens with two attached hydrogens (primary N) is 2. The topological polar surface area (TPSA) is 398 Å². The number of carboxylic acid groups (broad SMARTS) is 3. The molecule has 14 atom stereocenters. The first-order chi connectivity index (χ1) is 59.3. The summed E-state index contributed by atoms with van der Waals surface area (Å²) in [6, 6.07) is 26.5. The molecular weight excluding hydrogens is 1570 g/mol. The van der Waals surface area contributed by atoms with E-state index in [1.165, 1.54) is 147 Å². The smallest absolute Gasteiger partial charge is 0.360 e. The molecular formula is C93H123N15O15. The first kappa shape index (κ1) is 86.7. The number of likely N-dealkylation sites (N-methyl/N-ethyl adjacent to an activating group) is 1. The lowest BCUT2D eigenvalue weighted by atomic mass is 9.68. The number of carboxylic acids is 3. The predicted molar refractivity (Wildman–Crippen MR) is 464 cm³/mol. The number of benzene rings is 3. The Labute approximate surface area is 716 Å². The zero-order valence-electron chi connectivity index (χ0n) is 71.8. The number of primary amides is 2. The van der Waals surface area contributed by atoms with Crippen LogP contribution in [0.4, 0.5) is 0 Å². The van der Waals surface area contributed by atoms with E-state index in [0.29, 0.717) is 82.0 Å². The summed E-state index contributed by atoms with van der Waals surface area (Å²) in [5, 5.41) is 40.3. The number of aliphatic carboxylic acids is 3. The van der Waals surface area contributed by atoms with Gasteiger partial charge >= 0.3 is 17.9 Å². The molecule has 123 heavy (non-hydrogen) atoms. The van der Waals surface area contributed by atoms with Crippen LogP contribution in [0.3, 0.4) is 0 Å². The van der Waals surface area contributed by atoms with Crippen molar-refractivity contribution in [3.8, 4) is 0 Å². The molecule has 3 aromatic heterocycles. The Morgan fingerprint density at radius 1 is 0.398 bits per heavy atom. The van der Waals surface area contributed by atoms with E-state index in [1.54, 1.807) is 49.2 Å². The molecule has 30 heteroatoms. The fourth-order valence-electron chi connectivity index (χ4n) is 25.1. The van der Waals surface area contributed by atoms with E-state index < -0.39 is 77.0 Å². The number of piperidine rings is 6. The van der Waals surface area contributed by atoms with E-state index in [-0.39, 0.29) is 52.4 Å². The molecule has 6 aliphatic carbocycles. The minimum Gasteiger partial charge on any atom is -0.479 e. The third-order valence-electron chi connectivity index (χ3n) is 29.9. The zero-order valence-corrected chi connectivity index (χ0v) is 71.8. The van der Waals surface area contributed by atoms with Crippen molar-refractivity contribution >= 4 is 85.9 Å². The number of rotatable bonds is 22. The van der Waals surface area contributed by atoms with Gasteiger partial charge in [-0.3, -0.25) is 43.5 Å². The highest BCUT2D eigenvalue weighted by Gasteiger charge is 2.50. The molecule has 6 aliphatic heterocycles. The van der Waals surface area contributed by atoms with Crippen molar-refractivity contribution in [2.24, 2.45) is 68.4 Å². The molecule has 12 fully saturated rings. The Morgan fingerprint density at radius 2 is 0.699 bits per heavy atom. The normalized spacial score (nSPS) is 30.8. The van der Waals surface area contributed by atoms with E-state index in [0.717, 1.165) is 118 Å². The molecule has 12 aliphatic rings. The summed E-state index contributed by atoms with van der Waals surface area (Å²) >= 11 is 0. The molecule has 0 spiro atoms. The van der Waals surface area contributed by atoms with Gasteiger partial charge in [0.15, 0.2) is 22.8 Å². The van der Waals surface area contributed by atoms with Gasteiger partial charge in [0.1, 0.15) is 0 Å². The van der Waals surface area contributed by atoms with Crippen molar-refractivity contribution in [3.63, 3.8) is 0 Å². The van der Waals surface area contributed by atoms with Crippen LogP contribution in [0.5, 0.6) is 0 Å². The van der Waals surface area contributed by atoms with Crippen molar-refractivity contribution in [2.75, 3.05) is 20.7 Å². The van der Waals surface area contributed by atoms with Crippen molar-refractivity contribution in [2.45, 2.75) is 317 Å². The molecule has 9 heterocycles. The minimum atomic E-state index is -1.46. The van der Waals surface area contributed by atoms with Crippen LogP contribution in [0.1, 0.15) is 268 Å². The SMILES string of the molecule is CC(C)C(O/N=C(\C(=O)O)c1nc2ccccc2n(C2CC3CCCC(C2)N3C2CC3CCCC(C3)C2)c1=O)C(N)=O.CC(O/N=C(\C(=O)O)c1nc2ccccc2n(C2CC3CCCC(C2)N3C2CC3CCCC(C3)C2)c1=O)C(N)=O.CN(C)C(=O)/C(=N\OCC(=O)O)c1nc2ccccc2n(C2CC3CCCC(C2)N3C2CC3CCCC(C3)C2)c1=O. The lowest BCUT2D eigenvalue weighted by Crippen LogP contribution is -2.58. The maximum absolute atomic E-state index is 14.2. The molecule has 18 rings (SSSR count). The summed E-state index contributed by atoms with van der Waals surface area (Å²) in [6.45, 7) is 4.07. The second-order valence-electron chi connectivity index (χ2n) is 38.5. The van der Waals surface area contributed by atoms with E-state index in [4.69, 9.17) is 31.1 Å². The number of carbonyl (C=O) groups is 6. The monoisotopic (exact) mass is 1690 g/mol. The van der Waals surface area contributed by atoms with Crippen LogP contribution in [0.2, 0.25) is 0 Å². The Kier molecular flexibility index (Phi) is 26.5. The molecule has 3 amide bonds. The quantitative estimate of drug-likeness (QED) is 0.0311. The third-order valence-corrected chi connectivity index (χ3v) is 29.9. The summed E-state index contributed by atoms with van der Waals surface area (Å²) in [6.07, 6.45) is 37.8. The standard InChI is InChI=1S/C32H43N5O5.C31H41N5O5.C30H39N5O5/c1-18(2)29(30(33)38)42-35-28(32(40)41)27-31(39)37(26-12-4-3-11-25(26)34-27)24-16-21-9-6-10-22(17-24)36(21)23-14-19-7-5-8-20(13-19)15-23;1-34(2)30(39)29(33-41-18-27(37)38)28-31(40)36(26-12-4-3-11-25(26)32-28)24-16-21-9-6-10-22(17-24)35(21)23-14-19-7-5-8-20(13-19)15-23;1-17(28(31)36)40-33-27(30(38)39)26-29(37)35(25-11-3-2-10-24(25)32-26)23-15-20-8-5-9-21(16-23)34(20)22-13-18-6-4-7-19(12-18)14-22/h3-4,11-12,18-24,29H,5-10,13-17H2,1-2H3,(H2,33,38)(H,40,41);3-4,11-12,19-24H,5-10,13-18H2,1-2H3,(H,37,38);2-3,10-11,17-23H,4-9,12-16H2,1H3,(H2,31,36)(H,38,39)/b35-28-;33-29-;33-27-. The minimum absolute atomic E-state index is 0.0283. The number of para-hydroxylation sites is 6. The molecule has 6 saturated heterocycles. The maximum Gasteiger partial charge on any atom is 0.360 e. The lowest BCUT2D eigenvalue weighted by molar-refractivity contribution is -0.142. The largest absolute Gasteiger partial charge is 0.479 e. The Balaban J connectivity index is 0.000000137. The number of carbonyl (C=O) groups excluding carboxylic acids is 3. The van der Waals surface area contributed by atoms with Crippen LogP contribution >= 0.6 is 0 Å². The van der Waals surface area contributed by atoms with Crippen LogP contribution in [0, 0.1) is 41.4 Å². The van der Waals surface area contributed by atoms with E-state index in [2.05, 4.69) is 45.1 Å². The maximum atomic E-state index is 14.2. The lowest BCUT2D eigenvalue weighted by Gasteiger charge is -2.55. The molecule has 6 aromatic rings. The average molecular weight is 1690 g/mol. The van der Waals surface area contributed by atoms with Gasteiger partial charge in [-0.1, -0.05) is 143 Å². The van der Waals surface area contributed by atoms with Gasteiger partial charge in [-0.25, -0.2) is 29.3 Å². The highest BCUT2D eigenvalue weighted by Crippen LogP contribution is 2.52. The van der Waals surface area contributed by atoms with E-state index in [1.807, 2.05) is 65.2 Å². The van der Waals surface area contributed by atoms with E-state index in [9.17, 15) is 53.4 Å². The molecule has 3 aromatic carbocycles. The summed E-state index contributed by atoms with van der Waals surface area (Å²) in [7, 11) is 3.09. The van der Waals surface area contributed by atoms with Crippen molar-refractivity contribution < 1.29 is 58.6 Å². The molecule has 6 saturated carbocycles. The van der Waals surface area contributed by atoms with Gasteiger partial charge in [-0.2, -0.15) is 0 Å². The van der Waals surface area contributed by atoms with Crippen molar-refractivity contribution in [1.82, 2.24) is 48.3 Å². The average Bonchev–Trinajstić information content (AvgIpc) is 0.751. The number of hydrogen-bond donors (Lipinski definition) is 5. The molecule has 30 nitrogen and oxygen atoms in total. The van der Waals surface area contributed by atoms with Gasteiger partial charge in [0.05, 0.1) is 33.1 Å². The van der Waals surface area contributed by atoms with Crippen LogP contribution in [-0.2, 0) is 43.3 Å². The predicted octanol–water partition coefficient (Wildman–Crippen LogP) is 11.7. The molecule has 12 bridgehead atoms. The first-order valence-corrected chi connectivity index (χ1v) is 45.8. The Morgan fingerprint density at radius 3 is 0.984 bits per heavy atom. The first-order valence-electron chi connectivity index (χ1n) is 45.8. The molecule has 0 radical (unpaired) electrons. The number of amides is 3. The van der Waals surface area contributed by atoms with Gasteiger partial charge in [0.25, 0.3) is 34.4 Å². The van der Waals surface area contributed by atoms with Crippen LogP contribution < -0.4 is 28.1 Å². The third kappa shape index (κ3) is 18.5. The van der Waals surface area contributed by atoms with Gasteiger partial charge < -0.3 is 59.9 Å². The second-order valence-corrected chi connectivity index (χ2v) is 38.5. The second kappa shape index (κ2) is 37.6. The highest BCUT2D eigenvalue weighted by atomic mass is 16.6. The number of hydrogen-bond acceptors (Lipinski definition) is 21. The highest BCUT2D eigenvalue weighted by molar-refractivity contribution is 6.44. The van der Waals surface area contributed by atoms with Gasteiger partial charge in [-0.05, 0) is 214 Å². The Bertz CT molecular complexity index is 5160. The van der Waals surface area contributed by atoms with Crippen LogP contribution in [0.25, 0.3) is 33.1 Å². The number of oxime groups is 3. The summed E-state index contributed by atoms with van der Waals surface area (Å²) in [5.41, 5.74) is 10.8. The summed E-state index contributed by atoms with van der Waals surface area (Å²) in [5.74, 6) is -1.43. The van der Waals surface area contributed by atoms with Gasteiger partial charge in [0, 0.05) is 92.5 Å². The number of fused-ring (bicyclic) bond motifs is 15. The fourth-order valence-corrected chi connectivity index (χ4v) is 25.1. The van der Waals surface area contributed by atoms with Crippen LogP contribution in [0.15, 0.2) is 103 Å². The van der Waals surface area contributed by atoms with Crippen LogP contribution in [-0.4, -0.2) is 204 Å². The number of nitrogens with zero attached hydrogens (tertiary/aromatic N) is 13. The Hall–Kier alpha value is -9.81. The van der Waals surface area contributed by atoms with Crippen molar-refractivity contribution in [3.05, 3.63) is 121 Å². The van der Waals surface area contributed by atoms with Gasteiger partial charge in [0.2, 0.25) is 30.2 Å². The zero-order chi connectivity index (χ0) is 86.2. The fraction of sp³-hybridized carbons (Fsp3) is 0.645. The summed E-state index contributed by atoms with van der Waals surface area (Å²) in [4.78, 5) is 153. The molecule has 660 valence electrons. The van der Waals surface area contributed by atoms with Gasteiger partial charge in [-0.15, -0.1) is 0 Å². The van der Waals surface area contributed by atoms with E-state index >= 15 is 0 Å². The molecule has 7 N–H and O–H groups in total. The summed E-state index contributed by atoms with van der Waals surface area (Å²) < 4.78 is 5.36.